The molecule has 33 heteroatoms. The van der Waals surface area contributed by atoms with Crippen LogP contribution in [0.3, 0.4) is 0 Å². The molecule has 8 aliphatic carbocycles. The summed E-state index contributed by atoms with van der Waals surface area (Å²) in [6, 6.07) is 87.9. The first-order valence-corrected chi connectivity index (χ1v) is 59.6. The van der Waals surface area contributed by atoms with E-state index in [0.717, 1.165) is 64.2 Å². The summed E-state index contributed by atoms with van der Waals surface area (Å²) in [5.74, 6) is -2.20. The minimum atomic E-state index is -4.42. The van der Waals surface area contributed by atoms with Gasteiger partial charge in [-0.05, 0) is 303 Å². The molecule has 8 aliphatic rings. The van der Waals surface area contributed by atoms with E-state index >= 15 is 0 Å². The molecule has 5 N–H and O–H groups in total. The van der Waals surface area contributed by atoms with E-state index in [-0.39, 0.29) is 120 Å². The van der Waals surface area contributed by atoms with Crippen LogP contribution < -0.4 is 39.4 Å². The topological polar surface area (TPSA) is 314 Å². The van der Waals surface area contributed by atoms with Crippen LogP contribution in [-0.2, 0) is 132 Å². The number of halogens is 5. The number of nitrogens with one attached hydrogen (secondary N) is 1. The third-order valence-electron chi connectivity index (χ3n) is 27.9. The highest BCUT2D eigenvalue weighted by Crippen LogP contribution is 2.63. The van der Waals surface area contributed by atoms with Gasteiger partial charge in [-0.25, -0.2) is 27.5 Å². The normalized spacial score (nSPS) is 20.6. The molecule has 4 atom stereocenters. The Morgan fingerprint density at radius 1 is 0.389 bits per heavy atom. The van der Waals surface area contributed by atoms with Gasteiger partial charge in [-0.3, -0.25) is 14.3 Å². The highest BCUT2D eigenvalue weighted by molar-refractivity contribution is 8.10. The fraction of sp³-hybridized carbons (Fsp3) is 0.517. The van der Waals surface area contributed by atoms with E-state index in [2.05, 4.69) is 409 Å². The zero-order valence-corrected chi connectivity index (χ0v) is 98.9. The molecule has 9 aromatic carbocycles. The summed E-state index contributed by atoms with van der Waals surface area (Å²) in [4.78, 5) is 36.9. The summed E-state index contributed by atoms with van der Waals surface area (Å²) in [5.41, 5.74) is 7.05. The van der Waals surface area contributed by atoms with Crippen LogP contribution in [0.4, 0.5) is 17.6 Å². The van der Waals surface area contributed by atoms with Gasteiger partial charge in [0.25, 0.3) is 0 Å². The van der Waals surface area contributed by atoms with Gasteiger partial charge in [0.1, 0.15) is 33.7 Å². The van der Waals surface area contributed by atoms with Crippen molar-refractivity contribution in [3.05, 3.63) is 270 Å². The molecule has 8 bridgehead atoms. The smallest absolute Gasteiger partial charge is 0.415 e. The number of alkyl halides is 4. The molecule has 0 aromatic heterocycles. The van der Waals surface area contributed by atoms with Gasteiger partial charge >= 0.3 is 22.4 Å². The molecule has 9 aromatic rings. The molecule has 149 heavy (non-hydrogen) atoms. The van der Waals surface area contributed by atoms with Crippen LogP contribution in [0.15, 0.2) is 281 Å². The van der Waals surface area contributed by atoms with E-state index in [1.165, 1.54) is 118 Å². The summed E-state index contributed by atoms with van der Waals surface area (Å²) >= 11 is -1.38. The van der Waals surface area contributed by atoms with Gasteiger partial charge in [0, 0.05) is 22.3 Å². The summed E-state index contributed by atoms with van der Waals surface area (Å²) in [6.45, 7) is 55.3. The van der Waals surface area contributed by atoms with Crippen molar-refractivity contribution < 1.29 is 140 Å². The molecule has 21 nitrogen and oxygen atoms in total. The predicted molar refractivity (Wildman–Crippen MR) is 582 cm³/mol. The van der Waals surface area contributed by atoms with E-state index in [4.69, 9.17) is 19.3 Å². The number of rotatable bonds is 29. The lowest BCUT2D eigenvalue weighted by Gasteiger charge is -2.59. The number of hydrogen-bond donors (Lipinski definition) is 5. The third kappa shape index (κ3) is 39.2. The highest BCUT2D eigenvalue weighted by Gasteiger charge is 2.60. The maximum atomic E-state index is 13.3. The number of esters is 2. The average molecular weight is 2320 g/mol. The predicted octanol–water partition coefficient (Wildman–Crippen LogP) is 21.9. The molecule has 4 unspecified atom stereocenters. The molecule has 17 rings (SSSR count). The van der Waals surface area contributed by atoms with Gasteiger partial charge in [0.15, 0.2) is 44.1 Å². The maximum absolute atomic E-state index is 13.3. The van der Waals surface area contributed by atoms with Gasteiger partial charge < -0.3 is 68.2 Å². The number of benzene rings is 9. The fourth-order valence-electron chi connectivity index (χ4n) is 20.6. The van der Waals surface area contributed by atoms with Crippen LogP contribution in [-0.4, -0.2) is 122 Å². The minimum absolute atomic E-state index is 0. The Hall–Kier alpha value is -6.34. The van der Waals surface area contributed by atoms with Crippen molar-refractivity contribution in [2.45, 2.75) is 341 Å². The van der Waals surface area contributed by atoms with Crippen molar-refractivity contribution in [3.8, 4) is 0 Å². The SMILES string of the molecule is CC(C)(C)c1ccc([S+](c2ccccc2)c2ccc(C(C)(C)C)cc2)cc1.CC(C)(C)c1ccc([S+](c2ccccc2)c2ccc(C(C)(C)C)cc2)cc1.CC(C)(C)c1ccc([S+](c2ccccc2)c2ccc(C(C)(C)C)cc2)cc1.CCOS(=O)(=O)[O-].CCS(=O)(O)(CC)OO.CC[NH+](CC)CC.O=C(OCC12CC3CC(CC(O)(C3)C1)C2)C(F)(F)SOO[O-].O=C(OCC12CC3CC(CC(O)(C3)C1)C2)C(F)(F)SOO[O-].[I-]. The van der Waals surface area contributed by atoms with Gasteiger partial charge in [0.2, 0.25) is 10.4 Å². The number of carbonyl (C=O) groups excluding carboxylic acids is 2. The van der Waals surface area contributed by atoms with Crippen molar-refractivity contribution in [3.63, 3.8) is 0 Å². The number of aliphatic hydroxyl groups is 2. The van der Waals surface area contributed by atoms with E-state index < -0.39 is 88.6 Å². The first-order chi connectivity index (χ1) is 68.9. The first kappa shape index (κ1) is 130. The number of hydrogen-bond acceptors (Lipinski definition) is 21. The van der Waals surface area contributed by atoms with Crippen molar-refractivity contribution >= 4 is 88.7 Å². The summed E-state index contributed by atoms with van der Waals surface area (Å²) < 4.78 is 125. The molecule has 8 saturated carbocycles. The third-order valence-corrected chi connectivity index (χ3v) is 38.7. The molecular weight excluding hydrogens is 2150 g/mol. The molecule has 0 amide bonds. The van der Waals surface area contributed by atoms with E-state index in [1.807, 2.05) is 0 Å². The number of carbonyl (C=O) groups is 2. The van der Waals surface area contributed by atoms with Crippen molar-refractivity contribution in [1.82, 2.24) is 0 Å². The Morgan fingerprint density at radius 3 is 0.738 bits per heavy atom. The summed E-state index contributed by atoms with van der Waals surface area (Å²) in [5, 5.41) is 45.9. The molecule has 0 radical (unpaired) electrons. The van der Waals surface area contributed by atoms with Crippen LogP contribution in [0.25, 0.3) is 0 Å². The van der Waals surface area contributed by atoms with Crippen molar-refractivity contribution in [2.75, 3.05) is 51.0 Å². The lowest BCUT2D eigenvalue weighted by atomic mass is 9.48. The van der Waals surface area contributed by atoms with Gasteiger partial charge in [-0.15, -0.1) is 4.33 Å². The summed E-state index contributed by atoms with van der Waals surface area (Å²) in [7, 11) is -8.77. The standard InChI is InChI=1S/3C26H31S.2C13H18F2O6S.C6H15N.C4H12O4S.C2H6O4S.HI/c3*1-25(2,3)20-12-16-23(17-13-20)27(22-10-8-7-9-11-22)24-18-14-21(15-19-24)26(4,5)6;2*14-13(15,22-21-20-18)10(16)19-7-11-2-8-1-9(3-11)5-12(17,4-8)6-11;1-4-7(5-2)6-3;1-3-9(6,7,4-2)8-5;1-2-6-7(3,4)5;/h3*7-19H,1-6H3;2*8-9,17-18H,1-7H2;4-6H2,1-3H3;5H,3-4H2,1-2H3,(H,6,7);2H2,1H3,(H,3,4,5);1H/q3*+1;;;;;;/p-3. The molecule has 0 aliphatic heterocycles. The molecule has 8 fully saturated rings. The van der Waals surface area contributed by atoms with Crippen LogP contribution in [0.2, 0.25) is 0 Å². The Bertz CT molecular complexity index is 5090. The quantitative estimate of drug-likeness (QED) is 0.00335. The Labute approximate surface area is 918 Å². The molecular formula is C116H160F4INO20S7. The van der Waals surface area contributed by atoms with E-state index in [0.29, 0.717) is 36.5 Å². The second kappa shape index (κ2) is 55.0. The Balaban J connectivity index is 0.000000239. The molecule has 826 valence electrons. The monoisotopic (exact) mass is 2310 g/mol. The van der Waals surface area contributed by atoms with Crippen LogP contribution in [0, 0.1) is 34.5 Å². The second-order valence-corrected chi connectivity index (χ2v) is 58.3. The van der Waals surface area contributed by atoms with E-state index in [1.54, 1.807) is 4.90 Å². The lowest BCUT2D eigenvalue weighted by molar-refractivity contribution is -0.894. The highest BCUT2D eigenvalue weighted by atomic mass is 127. The largest absolute Gasteiger partial charge is 1.00 e. The van der Waals surface area contributed by atoms with Crippen molar-refractivity contribution in [1.29, 1.82) is 0 Å². The maximum Gasteiger partial charge on any atom is 0.415 e. The molecule has 0 saturated heterocycles. The van der Waals surface area contributed by atoms with Crippen LogP contribution in [0.5, 0.6) is 0 Å². The average Bonchev–Trinajstić information content (AvgIpc) is 0.730. The first-order valence-electron chi connectivity index (χ1n) is 50.9. The van der Waals surface area contributed by atoms with Gasteiger partial charge in [-0.2, -0.15) is 26.2 Å². The van der Waals surface area contributed by atoms with Gasteiger partial charge in [0.05, 0.1) is 83.3 Å². The zero-order chi connectivity index (χ0) is 110. The Morgan fingerprint density at radius 2 is 0.597 bits per heavy atom. The lowest BCUT2D eigenvalue weighted by Crippen LogP contribution is -3.11. The van der Waals surface area contributed by atoms with Crippen LogP contribution in [0.1, 0.15) is 277 Å². The zero-order valence-electron chi connectivity index (χ0n) is 91.0. The van der Waals surface area contributed by atoms with Crippen LogP contribution >= 0.6 is 24.1 Å². The molecule has 0 heterocycles. The minimum Gasteiger partial charge on any atom is -1.00 e. The van der Waals surface area contributed by atoms with Crippen molar-refractivity contribution in [2.24, 2.45) is 34.5 Å². The van der Waals surface area contributed by atoms with Gasteiger partial charge in [-0.1, -0.05) is 266 Å². The number of quaternary nitrogens is 1. The van der Waals surface area contributed by atoms with E-state index in [9.17, 15) is 65.1 Å². The fourth-order valence-corrected chi connectivity index (χ4v) is 28.1. The summed E-state index contributed by atoms with van der Waals surface area (Å²) in [6.07, 6.45) is 9.24. The molecule has 0 spiro atoms. The Kier molecular flexibility index (Phi) is 47.9. The number of ether oxygens (including phenoxy) is 2. The second-order valence-electron chi connectivity index (χ2n) is 45.9.